The van der Waals surface area contributed by atoms with Gasteiger partial charge in [-0.1, -0.05) is 6.92 Å². The molecule has 0 saturated heterocycles. The summed E-state index contributed by atoms with van der Waals surface area (Å²) in [4.78, 5) is 4.50. The fourth-order valence-corrected chi connectivity index (χ4v) is 2.22. The van der Waals surface area contributed by atoms with Crippen LogP contribution in [-0.4, -0.2) is 18.8 Å². The number of nitrogens with one attached hydrogen (secondary N) is 1. The molecule has 5 heteroatoms. The lowest BCUT2D eigenvalue weighted by molar-refractivity contribution is 0.174. The van der Waals surface area contributed by atoms with E-state index in [1.165, 1.54) is 0 Å². The molecule has 0 saturated carbocycles. The molecule has 0 amide bonds. The zero-order valence-electron chi connectivity index (χ0n) is 12.2. The normalized spacial score (nSPS) is 12.5. The van der Waals surface area contributed by atoms with Crippen molar-refractivity contribution < 1.29 is 14.2 Å². The summed E-state index contributed by atoms with van der Waals surface area (Å²) in [5.41, 5.74) is 2.17. The zero-order valence-corrected chi connectivity index (χ0v) is 12.2. The van der Waals surface area contributed by atoms with E-state index >= 15 is 0 Å². The summed E-state index contributed by atoms with van der Waals surface area (Å²) in [7, 11) is 1.92. The molecular weight excluding hydrogens is 268 g/mol. The second-order valence-electron chi connectivity index (χ2n) is 4.81. The lowest BCUT2D eigenvalue weighted by Crippen LogP contribution is -2.06. The molecule has 0 fully saturated rings. The van der Waals surface area contributed by atoms with Crippen molar-refractivity contribution in [2.75, 3.05) is 13.8 Å². The topological polar surface area (TPSA) is 52.6 Å². The van der Waals surface area contributed by atoms with Crippen molar-refractivity contribution in [3.8, 4) is 23.1 Å². The summed E-state index contributed by atoms with van der Waals surface area (Å²) in [5, 5.41) is 3.14. The van der Waals surface area contributed by atoms with Crippen molar-refractivity contribution in [2.45, 2.75) is 19.9 Å². The maximum atomic E-state index is 5.86. The van der Waals surface area contributed by atoms with E-state index < -0.39 is 0 Å². The fourth-order valence-electron chi connectivity index (χ4n) is 2.22. The highest BCUT2D eigenvalue weighted by Gasteiger charge is 2.14. The average Bonchev–Trinajstić information content (AvgIpc) is 2.95. The third kappa shape index (κ3) is 3.08. The molecule has 0 spiro atoms. The van der Waals surface area contributed by atoms with Gasteiger partial charge in [0.2, 0.25) is 12.7 Å². The Morgan fingerprint density at radius 1 is 1.19 bits per heavy atom. The lowest BCUT2D eigenvalue weighted by atomic mass is 10.2. The van der Waals surface area contributed by atoms with Crippen molar-refractivity contribution in [3.05, 3.63) is 41.6 Å². The van der Waals surface area contributed by atoms with Gasteiger partial charge in [0.15, 0.2) is 11.5 Å². The summed E-state index contributed by atoms with van der Waals surface area (Å²) in [6, 6.07) is 9.55. The van der Waals surface area contributed by atoms with Gasteiger partial charge in [0, 0.05) is 24.4 Å². The first kappa shape index (κ1) is 13.7. The molecular formula is C16H18N2O3. The van der Waals surface area contributed by atoms with Crippen molar-refractivity contribution in [1.82, 2.24) is 10.3 Å². The molecule has 1 N–H and O–H groups in total. The van der Waals surface area contributed by atoms with Gasteiger partial charge in [-0.3, -0.25) is 0 Å². The van der Waals surface area contributed by atoms with Crippen LogP contribution in [0.15, 0.2) is 30.3 Å². The predicted octanol–water partition coefficient (Wildman–Crippen LogP) is 2.88. The number of ether oxygens (including phenoxy) is 3. The highest BCUT2D eigenvalue weighted by Crippen LogP contribution is 2.36. The van der Waals surface area contributed by atoms with Gasteiger partial charge in [0.25, 0.3) is 0 Å². The van der Waals surface area contributed by atoms with Gasteiger partial charge in [-0.05, 0) is 37.2 Å². The number of aromatic nitrogens is 1. The molecule has 0 unspecified atom stereocenters. The average molecular weight is 286 g/mol. The van der Waals surface area contributed by atoms with Gasteiger partial charge in [-0.15, -0.1) is 0 Å². The Morgan fingerprint density at radius 3 is 2.86 bits per heavy atom. The number of fused-ring (bicyclic) bond motifs is 1. The van der Waals surface area contributed by atoms with Crippen LogP contribution in [0.4, 0.5) is 0 Å². The van der Waals surface area contributed by atoms with Crippen LogP contribution < -0.4 is 19.5 Å². The first-order chi connectivity index (χ1) is 10.3. The lowest BCUT2D eigenvalue weighted by Gasteiger charge is -2.09. The Kier molecular flexibility index (Phi) is 3.92. The highest BCUT2D eigenvalue weighted by atomic mass is 16.7. The number of benzene rings is 1. The molecule has 1 aliphatic heterocycles. The molecule has 3 rings (SSSR count). The van der Waals surface area contributed by atoms with Gasteiger partial charge < -0.3 is 19.5 Å². The molecule has 110 valence electrons. The quantitative estimate of drug-likeness (QED) is 0.916. The van der Waals surface area contributed by atoms with E-state index in [0.29, 0.717) is 17.4 Å². The minimum atomic E-state index is 0.259. The van der Waals surface area contributed by atoms with Crippen molar-refractivity contribution in [2.24, 2.45) is 0 Å². The zero-order chi connectivity index (χ0) is 14.7. The molecule has 0 radical (unpaired) electrons. The monoisotopic (exact) mass is 286 g/mol. The maximum Gasteiger partial charge on any atom is 0.231 e. The Hall–Kier alpha value is -2.27. The summed E-state index contributed by atoms with van der Waals surface area (Å²) >= 11 is 0. The van der Waals surface area contributed by atoms with Crippen LogP contribution in [-0.2, 0) is 13.0 Å². The van der Waals surface area contributed by atoms with Crippen LogP contribution in [0.2, 0.25) is 0 Å². The second kappa shape index (κ2) is 6.01. The van der Waals surface area contributed by atoms with Crippen molar-refractivity contribution >= 4 is 0 Å². The Labute approximate surface area is 123 Å². The number of hydrogen-bond donors (Lipinski definition) is 1. The number of rotatable bonds is 5. The van der Waals surface area contributed by atoms with Crippen LogP contribution in [0.5, 0.6) is 23.1 Å². The molecule has 2 aromatic rings. The molecule has 1 aromatic carbocycles. The van der Waals surface area contributed by atoms with E-state index in [1.54, 1.807) is 0 Å². The summed E-state index contributed by atoms with van der Waals surface area (Å²) in [5.74, 6) is 2.73. The Morgan fingerprint density at radius 2 is 2.05 bits per heavy atom. The minimum Gasteiger partial charge on any atom is -0.454 e. The summed E-state index contributed by atoms with van der Waals surface area (Å²) in [6.45, 7) is 3.12. The molecule has 0 atom stereocenters. The van der Waals surface area contributed by atoms with Gasteiger partial charge in [-0.2, -0.15) is 0 Å². The SMILES string of the molecule is CCc1cc(CNC)cc(Oc2ccc3c(c2)OCO3)n1. The van der Waals surface area contributed by atoms with Crippen LogP contribution >= 0.6 is 0 Å². The van der Waals surface area contributed by atoms with Crippen LogP contribution in [0.1, 0.15) is 18.2 Å². The fraction of sp³-hybridized carbons (Fsp3) is 0.312. The summed E-state index contributed by atoms with van der Waals surface area (Å²) in [6.07, 6.45) is 0.870. The molecule has 1 aromatic heterocycles. The molecule has 0 bridgehead atoms. The van der Waals surface area contributed by atoms with Gasteiger partial charge in [0.1, 0.15) is 5.75 Å². The first-order valence-electron chi connectivity index (χ1n) is 7.00. The number of pyridine rings is 1. The molecule has 2 heterocycles. The standard InChI is InChI=1S/C16H18N2O3/c1-3-12-6-11(9-17-2)7-16(18-12)21-13-4-5-14-15(8-13)20-10-19-14/h4-8,17H,3,9-10H2,1-2H3. The highest BCUT2D eigenvalue weighted by molar-refractivity contribution is 5.47. The molecule has 5 nitrogen and oxygen atoms in total. The largest absolute Gasteiger partial charge is 0.454 e. The van der Waals surface area contributed by atoms with E-state index in [9.17, 15) is 0 Å². The maximum absolute atomic E-state index is 5.86. The Balaban J connectivity index is 1.85. The van der Waals surface area contributed by atoms with Gasteiger partial charge in [-0.25, -0.2) is 4.98 Å². The molecule has 1 aliphatic rings. The molecule has 21 heavy (non-hydrogen) atoms. The van der Waals surface area contributed by atoms with Crippen LogP contribution in [0.3, 0.4) is 0 Å². The van der Waals surface area contributed by atoms with E-state index in [-0.39, 0.29) is 6.79 Å². The first-order valence-corrected chi connectivity index (χ1v) is 7.00. The van der Waals surface area contributed by atoms with Crippen LogP contribution in [0.25, 0.3) is 0 Å². The minimum absolute atomic E-state index is 0.259. The number of hydrogen-bond acceptors (Lipinski definition) is 5. The third-order valence-corrected chi connectivity index (χ3v) is 3.22. The van der Waals surface area contributed by atoms with E-state index in [1.807, 2.05) is 31.3 Å². The summed E-state index contributed by atoms with van der Waals surface area (Å²) < 4.78 is 16.5. The van der Waals surface area contributed by atoms with Gasteiger partial charge in [0.05, 0.1) is 0 Å². The van der Waals surface area contributed by atoms with Crippen molar-refractivity contribution in [3.63, 3.8) is 0 Å². The molecule has 0 aliphatic carbocycles. The van der Waals surface area contributed by atoms with Gasteiger partial charge >= 0.3 is 0 Å². The predicted molar refractivity (Wildman–Crippen MR) is 79.0 cm³/mol. The second-order valence-corrected chi connectivity index (χ2v) is 4.81. The van der Waals surface area contributed by atoms with E-state index in [2.05, 4.69) is 23.3 Å². The van der Waals surface area contributed by atoms with E-state index in [4.69, 9.17) is 14.2 Å². The van der Waals surface area contributed by atoms with Crippen molar-refractivity contribution in [1.29, 1.82) is 0 Å². The third-order valence-electron chi connectivity index (χ3n) is 3.22. The van der Waals surface area contributed by atoms with Crippen LogP contribution in [0, 0.1) is 0 Å². The Bertz CT molecular complexity index is 643. The van der Waals surface area contributed by atoms with E-state index in [0.717, 1.165) is 30.0 Å². The smallest absolute Gasteiger partial charge is 0.231 e. The number of aryl methyl sites for hydroxylation is 1. The number of nitrogens with zero attached hydrogens (tertiary/aromatic N) is 1.